The number of nitrogens with one attached hydrogen (secondary N) is 1. The van der Waals surface area contributed by atoms with Crippen molar-refractivity contribution >= 4 is 39.8 Å². The fourth-order valence-corrected chi connectivity index (χ4v) is 4.19. The Morgan fingerprint density at radius 3 is 2.72 bits per heavy atom. The van der Waals surface area contributed by atoms with Crippen molar-refractivity contribution in [2.24, 2.45) is 10.1 Å². The maximum atomic E-state index is 12.6. The number of hydrogen-bond acceptors (Lipinski definition) is 4. The standard InChI is InChI=1S/C22H23N5OS/c1-3-4-5-8-19-25-27-20(23)18(21(28)24-22(27)29-19)14-17-7-6-13-26(17)16-11-9-15(2)10-12-16/h6-7,9-14,23H,3-5,8H2,1-2H3/b18-14+,23-20?. The van der Waals surface area contributed by atoms with Crippen molar-refractivity contribution < 1.29 is 4.79 Å². The Labute approximate surface area is 174 Å². The molecule has 1 N–H and O–H groups in total. The Hall–Kier alpha value is -2.93. The lowest BCUT2D eigenvalue weighted by atomic mass is 10.1. The molecule has 0 radical (unpaired) electrons. The average molecular weight is 406 g/mol. The Morgan fingerprint density at radius 2 is 1.97 bits per heavy atom. The SMILES string of the molecule is CCCCCC1=NN2C(=N)/C(=C\c3cccn3-c3ccc(C)cc3)C(=O)N=C2S1. The van der Waals surface area contributed by atoms with Gasteiger partial charge in [0.05, 0.1) is 5.57 Å². The molecule has 1 aromatic heterocycles. The van der Waals surface area contributed by atoms with Gasteiger partial charge in [0.2, 0.25) is 5.17 Å². The molecule has 2 aliphatic heterocycles. The van der Waals surface area contributed by atoms with Crippen LogP contribution < -0.4 is 0 Å². The van der Waals surface area contributed by atoms with Crippen LogP contribution in [0.5, 0.6) is 0 Å². The fourth-order valence-electron chi connectivity index (χ4n) is 3.26. The van der Waals surface area contributed by atoms with Crippen LogP contribution >= 0.6 is 11.8 Å². The predicted octanol–water partition coefficient (Wildman–Crippen LogP) is 4.99. The van der Waals surface area contributed by atoms with E-state index in [0.717, 1.165) is 42.1 Å². The zero-order valence-corrected chi connectivity index (χ0v) is 17.4. The number of rotatable bonds is 6. The van der Waals surface area contributed by atoms with Gasteiger partial charge in [0.1, 0.15) is 5.04 Å². The lowest BCUT2D eigenvalue weighted by Gasteiger charge is -2.20. The van der Waals surface area contributed by atoms with Gasteiger partial charge in [-0.2, -0.15) is 15.1 Å². The van der Waals surface area contributed by atoms with E-state index in [9.17, 15) is 4.79 Å². The van der Waals surface area contributed by atoms with Gasteiger partial charge in [-0.25, -0.2) is 0 Å². The third kappa shape index (κ3) is 3.96. The number of aliphatic imine (C=N–C) groups is 1. The molecular weight excluding hydrogens is 382 g/mol. The number of thioether (sulfide) groups is 1. The topological polar surface area (TPSA) is 73.8 Å². The second-order valence-electron chi connectivity index (χ2n) is 7.11. The molecule has 4 rings (SSSR count). The Bertz CT molecular complexity index is 1050. The van der Waals surface area contributed by atoms with Crippen LogP contribution in [0.2, 0.25) is 0 Å². The summed E-state index contributed by atoms with van der Waals surface area (Å²) in [7, 11) is 0. The van der Waals surface area contributed by atoms with Crippen molar-refractivity contribution in [3.05, 3.63) is 59.4 Å². The number of amides is 1. The van der Waals surface area contributed by atoms with E-state index in [-0.39, 0.29) is 11.4 Å². The van der Waals surface area contributed by atoms with Crippen LogP contribution in [0, 0.1) is 12.3 Å². The highest BCUT2D eigenvalue weighted by molar-refractivity contribution is 8.26. The first-order valence-electron chi connectivity index (χ1n) is 9.80. The molecule has 3 heterocycles. The highest BCUT2D eigenvalue weighted by atomic mass is 32.2. The molecular formula is C22H23N5OS. The number of carbonyl (C=O) groups is 1. The molecule has 1 aromatic carbocycles. The van der Waals surface area contributed by atoms with Crippen molar-refractivity contribution in [3.8, 4) is 5.69 Å². The van der Waals surface area contributed by atoms with Gasteiger partial charge in [-0.15, -0.1) is 0 Å². The van der Waals surface area contributed by atoms with E-state index in [0.29, 0.717) is 5.17 Å². The summed E-state index contributed by atoms with van der Waals surface area (Å²) in [6.07, 6.45) is 7.86. The first kappa shape index (κ1) is 19.4. The molecule has 0 unspecified atom stereocenters. The first-order valence-corrected chi connectivity index (χ1v) is 10.6. The van der Waals surface area contributed by atoms with Crippen LogP contribution in [-0.4, -0.2) is 31.5 Å². The van der Waals surface area contributed by atoms with Gasteiger partial charge < -0.3 is 4.57 Å². The smallest absolute Gasteiger partial charge is 0.283 e. The molecule has 0 bridgehead atoms. The third-order valence-electron chi connectivity index (χ3n) is 4.88. The van der Waals surface area contributed by atoms with Gasteiger partial charge in [-0.05, 0) is 61.9 Å². The lowest BCUT2D eigenvalue weighted by molar-refractivity contribution is -0.114. The summed E-state index contributed by atoms with van der Waals surface area (Å²) in [4.78, 5) is 16.8. The van der Waals surface area contributed by atoms with Crippen LogP contribution in [0.15, 0.2) is 58.3 Å². The zero-order chi connectivity index (χ0) is 20.4. The molecule has 29 heavy (non-hydrogen) atoms. The Morgan fingerprint density at radius 1 is 1.17 bits per heavy atom. The molecule has 0 saturated heterocycles. The lowest BCUT2D eigenvalue weighted by Crippen LogP contribution is -2.35. The van der Waals surface area contributed by atoms with Gasteiger partial charge in [0.15, 0.2) is 5.84 Å². The first-order chi connectivity index (χ1) is 14.1. The zero-order valence-electron chi connectivity index (χ0n) is 16.6. The second kappa shape index (κ2) is 8.21. The van der Waals surface area contributed by atoms with Crippen molar-refractivity contribution in [2.75, 3.05) is 0 Å². The molecule has 0 aliphatic carbocycles. The van der Waals surface area contributed by atoms with Crippen LogP contribution in [0.25, 0.3) is 11.8 Å². The summed E-state index contributed by atoms with van der Waals surface area (Å²) >= 11 is 1.40. The summed E-state index contributed by atoms with van der Waals surface area (Å²) < 4.78 is 1.99. The number of aryl methyl sites for hydroxylation is 1. The van der Waals surface area contributed by atoms with E-state index in [2.05, 4.69) is 17.0 Å². The maximum absolute atomic E-state index is 12.6. The maximum Gasteiger partial charge on any atom is 0.283 e. The number of fused-ring (bicyclic) bond motifs is 1. The number of aromatic nitrogens is 1. The predicted molar refractivity (Wildman–Crippen MR) is 120 cm³/mol. The van der Waals surface area contributed by atoms with Gasteiger partial charge in [0.25, 0.3) is 5.91 Å². The Kier molecular flexibility index (Phi) is 5.49. The van der Waals surface area contributed by atoms with Crippen LogP contribution in [0.3, 0.4) is 0 Å². The minimum atomic E-state index is -0.393. The van der Waals surface area contributed by atoms with Crippen LogP contribution in [-0.2, 0) is 4.79 Å². The number of hydrazone groups is 1. The minimum Gasteiger partial charge on any atom is -0.317 e. The van der Waals surface area contributed by atoms with E-state index in [1.165, 1.54) is 22.3 Å². The number of hydrogen-bond donors (Lipinski definition) is 1. The van der Waals surface area contributed by atoms with Crippen molar-refractivity contribution in [1.29, 1.82) is 5.41 Å². The van der Waals surface area contributed by atoms with E-state index in [1.807, 2.05) is 54.1 Å². The number of carbonyl (C=O) groups excluding carboxylic acids is 1. The largest absolute Gasteiger partial charge is 0.317 e. The van der Waals surface area contributed by atoms with Gasteiger partial charge >= 0.3 is 0 Å². The normalized spacial score (nSPS) is 17.6. The van der Waals surface area contributed by atoms with Gasteiger partial charge in [-0.1, -0.05) is 37.5 Å². The van der Waals surface area contributed by atoms with Crippen LogP contribution in [0.1, 0.15) is 43.9 Å². The van der Waals surface area contributed by atoms with Crippen molar-refractivity contribution in [3.63, 3.8) is 0 Å². The molecule has 2 aliphatic rings. The van der Waals surface area contributed by atoms with Gasteiger partial charge in [0, 0.05) is 17.6 Å². The number of benzene rings is 1. The third-order valence-corrected chi connectivity index (χ3v) is 5.84. The summed E-state index contributed by atoms with van der Waals surface area (Å²) in [5, 5.41) is 15.9. The minimum absolute atomic E-state index is 0.0784. The van der Waals surface area contributed by atoms with E-state index in [1.54, 1.807) is 6.08 Å². The van der Waals surface area contributed by atoms with E-state index >= 15 is 0 Å². The van der Waals surface area contributed by atoms with Gasteiger partial charge in [-0.3, -0.25) is 10.2 Å². The van der Waals surface area contributed by atoms with Crippen LogP contribution in [0.4, 0.5) is 0 Å². The quantitative estimate of drug-likeness (QED) is 0.544. The highest BCUT2D eigenvalue weighted by Gasteiger charge is 2.35. The molecule has 6 nitrogen and oxygen atoms in total. The number of unbranched alkanes of at least 4 members (excludes halogenated alkanes) is 2. The molecule has 0 saturated carbocycles. The highest BCUT2D eigenvalue weighted by Crippen LogP contribution is 2.30. The summed E-state index contributed by atoms with van der Waals surface area (Å²) in [6.45, 7) is 4.21. The average Bonchev–Trinajstić information content (AvgIpc) is 3.33. The van der Waals surface area contributed by atoms with Crippen molar-refractivity contribution in [2.45, 2.75) is 39.5 Å². The molecule has 0 spiro atoms. The number of nitrogens with zero attached hydrogens (tertiary/aromatic N) is 4. The molecule has 148 valence electrons. The molecule has 2 aromatic rings. The van der Waals surface area contributed by atoms with E-state index < -0.39 is 5.91 Å². The fraction of sp³-hybridized carbons (Fsp3) is 0.273. The van der Waals surface area contributed by atoms with Crippen molar-refractivity contribution in [1.82, 2.24) is 9.58 Å². The summed E-state index contributed by atoms with van der Waals surface area (Å²) in [5.41, 5.74) is 3.25. The molecule has 1 amide bonds. The molecule has 0 atom stereocenters. The Balaban J connectivity index is 1.62. The molecule has 7 heteroatoms. The monoisotopic (exact) mass is 405 g/mol. The molecule has 0 fully saturated rings. The summed E-state index contributed by atoms with van der Waals surface area (Å²) in [6, 6.07) is 12.0. The van der Waals surface area contributed by atoms with E-state index in [4.69, 9.17) is 5.41 Å². The second-order valence-corrected chi connectivity index (χ2v) is 8.15. The number of amidine groups is 2. The summed E-state index contributed by atoms with van der Waals surface area (Å²) in [5.74, 6) is -0.315.